The summed E-state index contributed by atoms with van der Waals surface area (Å²) in [5.74, 6) is 0.127. The molecule has 2 aromatic carbocycles. The second-order valence-electron chi connectivity index (χ2n) is 7.16. The van der Waals surface area contributed by atoms with Gasteiger partial charge in [0, 0.05) is 46.0 Å². The number of hydrogen-bond acceptors (Lipinski definition) is 3. The molecule has 0 atom stereocenters. The van der Waals surface area contributed by atoms with Gasteiger partial charge in [0.2, 0.25) is 0 Å². The van der Waals surface area contributed by atoms with E-state index >= 15 is 0 Å². The molecule has 1 aromatic heterocycles. The summed E-state index contributed by atoms with van der Waals surface area (Å²) in [5.41, 5.74) is 4.69. The van der Waals surface area contributed by atoms with E-state index in [1.807, 2.05) is 31.2 Å². The Morgan fingerprint density at radius 1 is 0.963 bits per heavy atom. The molecule has 1 heterocycles. The number of Topliss-reactive ketones (excluding diaryl/α,β-unsaturated/α-hetero) is 2. The first-order chi connectivity index (χ1) is 12.9. The van der Waals surface area contributed by atoms with Crippen LogP contribution in [0, 0.1) is 6.92 Å². The second kappa shape index (κ2) is 7.65. The number of carbonyl (C=O) groups is 2. The number of fused-ring (bicyclic) bond motifs is 3. The van der Waals surface area contributed by atoms with Crippen LogP contribution in [0.15, 0.2) is 30.3 Å². The van der Waals surface area contributed by atoms with Crippen LogP contribution in [0.1, 0.15) is 54.0 Å². The third-order valence-electron chi connectivity index (χ3n) is 5.61. The van der Waals surface area contributed by atoms with Gasteiger partial charge in [-0.1, -0.05) is 13.8 Å². The number of ketones is 2. The Morgan fingerprint density at radius 2 is 1.63 bits per heavy atom. The lowest BCUT2D eigenvalue weighted by molar-refractivity contribution is 0.100. The van der Waals surface area contributed by atoms with Gasteiger partial charge in [0.15, 0.2) is 11.6 Å². The van der Waals surface area contributed by atoms with Gasteiger partial charge in [0.25, 0.3) is 0 Å². The van der Waals surface area contributed by atoms with Crippen LogP contribution < -0.4 is 0 Å². The molecule has 0 spiro atoms. The molecule has 27 heavy (non-hydrogen) atoms. The minimum Gasteiger partial charge on any atom is -0.339 e. The van der Waals surface area contributed by atoms with Crippen molar-refractivity contribution in [2.45, 2.75) is 41.2 Å². The monoisotopic (exact) mass is 364 g/mol. The molecule has 0 fully saturated rings. The van der Waals surface area contributed by atoms with Crippen LogP contribution in [-0.2, 0) is 6.54 Å². The third kappa shape index (κ3) is 3.42. The summed E-state index contributed by atoms with van der Waals surface area (Å²) in [6.07, 6.45) is 0. The highest BCUT2D eigenvalue weighted by Gasteiger charge is 2.17. The van der Waals surface area contributed by atoms with E-state index in [0.717, 1.165) is 59.1 Å². The Kier molecular flexibility index (Phi) is 5.47. The van der Waals surface area contributed by atoms with E-state index in [1.54, 1.807) is 13.8 Å². The van der Waals surface area contributed by atoms with Gasteiger partial charge in [0.1, 0.15) is 0 Å². The van der Waals surface area contributed by atoms with E-state index in [9.17, 15) is 9.59 Å². The molecular formula is C23H28N2O2. The van der Waals surface area contributed by atoms with Crippen molar-refractivity contribution in [3.05, 3.63) is 47.0 Å². The number of nitrogens with zero attached hydrogens (tertiary/aromatic N) is 2. The smallest absolute Gasteiger partial charge is 0.160 e. The molecule has 0 aliphatic heterocycles. The van der Waals surface area contributed by atoms with Crippen molar-refractivity contribution in [1.82, 2.24) is 9.47 Å². The first-order valence-electron chi connectivity index (χ1n) is 9.68. The lowest BCUT2D eigenvalue weighted by Crippen LogP contribution is -2.26. The van der Waals surface area contributed by atoms with Crippen molar-refractivity contribution < 1.29 is 9.59 Å². The quantitative estimate of drug-likeness (QED) is 0.563. The minimum atomic E-state index is 0.0568. The molecule has 0 amide bonds. The molecule has 0 unspecified atom stereocenters. The number of carbonyl (C=O) groups excluding carboxylic acids is 2. The average molecular weight is 364 g/mol. The molecule has 0 radical (unpaired) electrons. The van der Waals surface area contributed by atoms with Crippen molar-refractivity contribution in [3.63, 3.8) is 0 Å². The van der Waals surface area contributed by atoms with Crippen LogP contribution in [0.25, 0.3) is 21.8 Å². The largest absolute Gasteiger partial charge is 0.339 e. The van der Waals surface area contributed by atoms with Crippen LogP contribution in [0.5, 0.6) is 0 Å². The Balaban J connectivity index is 2.28. The molecule has 142 valence electrons. The lowest BCUT2D eigenvalue weighted by atomic mass is 9.98. The summed E-state index contributed by atoms with van der Waals surface area (Å²) in [5, 5.41) is 2.14. The van der Waals surface area contributed by atoms with Crippen molar-refractivity contribution in [1.29, 1.82) is 0 Å². The highest BCUT2D eigenvalue weighted by Crippen LogP contribution is 2.34. The number of benzene rings is 2. The average Bonchev–Trinajstić information content (AvgIpc) is 2.96. The summed E-state index contributed by atoms with van der Waals surface area (Å²) in [6, 6.07) is 9.90. The van der Waals surface area contributed by atoms with E-state index in [1.165, 1.54) is 0 Å². The summed E-state index contributed by atoms with van der Waals surface area (Å²) in [4.78, 5) is 26.4. The summed E-state index contributed by atoms with van der Waals surface area (Å²) >= 11 is 0. The number of aromatic nitrogens is 1. The Bertz CT molecular complexity index is 1030. The number of hydrogen-bond donors (Lipinski definition) is 0. The maximum atomic E-state index is 12.1. The molecule has 4 nitrogen and oxygen atoms in total. The fraction of sp³-hybridized carbons (Fsp3) is 0.391. The maximum absolute atomic E-state index is 12.1. The zero-order chi connectivity index (χ0) is 19.7. The molecule has 0 N–H and O–H groups in total. The van der Waals surface area contributed by atoms with Crippen molar-refractivity contribution >= 4 is 33.4 Å². The zero-order valence-corrected chi connectivity index (χ0v) is 16.9. The molecule has 3 rings (SSSR count). The van der Waals surface area contributed by atoms with Crippen LogP contribution in [0.2, 0.25) is 0 Å². The Morgan fingerprint density at radius 3 is 2.22 bits per heavy atom. The third-order valence-corrected chi connectivity index (χ3v) is 5.61. The fourth-order valence-corrected chi connectivity index (χ4v) is 3.99. The van der Waals surface area contributed by atoms with Crippen LogP contribution in [0.3, 0.4) is 0 Å². The van der Waals surface area contributed by atoms with Crippen molar-refractivity contribution in [2.75, 3.05) is 19.6 Å². The first kappa shape index (κ1) is 19.3. The molecule has 4 heteroatoms. The van der Waals surface area contributed by atoms with Gasteiger partial charge in [-0.25, -0.2) is 0 Å². The van der Waals surface area contributed by atoms with Gasteiger partial charge >= 0.3 is 0 Å². The maximum Gasteiger partial charge on any atom is 0.160 e. The standard InChI is InChI=1S/C23H28N2O2/c1-6-24(7-2)12-13-25-21-10-8-18(16(4)26)14-20(21)23-15(3)19(17(5)27)9-11-22(23)25/h8-11,14H,6-7,12-13H2,1-5H3. The van der Waals surface area contributed by atoms with Crippen LogP contribution >= 0.6 is 0 Å². The number of aryl methyl sites for hydroxylation is 1. The summed E-state index contributed by atoms with van der Waals surface area (Å²) in [6.45, 7) is 13.5. The highest BCUT2D eigenvalue weighted by atomic mass is 16.1. The van der Waals surface area contributed by atoms with Gasteiger partial charge in [-0.2, -0.15) is 0 Å². The Labute approximate surface area is 160 Å². The van der Waals surface area contributed by atoms with E-state index in [4.69, 9.17) is 0 Å². The Hall–Kier alpha value is -2.46. The molecule has 0 aliphatic carbocycles. The SMILES string of the molecule is CCN(CC)CCn1c2ccc(C(C)=O)cc2c2c(C)c(C(C)=O)ccc21. The fourth-order valence-electron chi connectivity index (χ4n) is 3.99. The van der Waals surface area contributed by atoms with Gasteiger partial charge in [0.05, 0.1) is 0 Å². The molecule has 3 aromatic rings. The predicted octanol–water partition coefficient (Wildman–Crippen LogP) is 4.85. The first-order valence-corrected chi connectivity index (χ1v) is 9.68. The van der Waals surface area contributed by atoms with Crippen LogP contribution in [0.4, 0.5) is 0 Å². The van der Waals surface area contributed by atoms with E-state index in [-0.39, 0.29) is 11.6 Å². The van der Waals surface area contributed by atoms with Crippen LogP contribution in [-0.4, -0.2) is 40.7 Å². The minimum absolute atomic E-state index is 0.0568. The number of likely N-dealkylation sites (N-methyl/N-ethyl adjacent to an activating group) is 1. The normalized spacial score (nSPS) is 11.6. The molecule has 0 saturated carbocycles. The lowest BCUT2D eigenvalue weighted by Gasteiger charge is -2.19. The second-order valence-corrected chi connectivity index (χ2v) is 7.16. The van der Waals surface area contributed by atoms with E-state index < -0.39 is 0 Å². The van der Waals surface area contributed by atoms with Gasteiger partial charge in [-0.15, -0.1) is 0 Å². The topological polar surface area (TPSA) is 42.3 Å². The van der Waals surface area contributed by atoms with Gasteiger partial charge in [-0.3, -0.25) is 9.59 Å². The van der Waals surface area contributed by atoms with Crippen molar-refractivity contribution in [2.24, 2.45) is 0 Å². The number of rotatable bonds is 7. The molecule has 0 saturated heterocycles. The van der Waals surface area contributed by atoms with E-state index in [2.05, 4.69) is 29.4 Å². The van der Waals surface area contributed by atoms with Gasteiger partial charge in [-0.05, 0) is 69.8 Å². The van der Waals surface area contributed by atoms with Gasteiger partial charge < -0.3 is 9.47 Å². The molecular weight excluding hydrogens is 336 g/mol. The molecule has 0 aliphatic rings. The molecule has 0 bridgehead atoms. The summed E-state index contributed by atoms with van der Waals surface area (Å²) < 4.78 is 2.32. The van der Waals surface area contributed by atoms with E-state index in [0.29, 0.717) is 5.56 Å². The predicted molar refractivity (Wildman–Crippen MR) is 112 cm³/mol. The summed E-state index contributed by atoms with van der Waals surface area (Å²) in [7, 11) is 0. The zero-order valence-electron chi connectivity index (χ0n) is 16.9. The highest BCUT2D eigenvalue weighted by molar-refractivity contribution is 6.14. The van der Waals surface area contributed by atoms with Crippen molar-refractivity contribution in [3.8, 4) is 0 Å².